The number of hydrogen-bond donors (Lipinski definition) is 2. The summed E-state index contributed by atoms with van der Waals surface area (Å²) in [5, 5.41) is 19.0. The van der Waals surface area contributed by atoms with E-state index < -0.39 is 12.1 Å². The van der Waals surface area contributed by atoms with Crippen molar-refractivity contribution in [2.45, 2.75) is 43.7 Å². The van der Waals surface area contributed by atoms with Gasteiger partial charge in [0.25, 0.3) is 0 Å². The molecule has 0 spiro atoms. The van der Waals surface area contributed by atoms with Gasteiger partial charge in [0.05, 0.1) is 11.8 Å². The molecule has 0 saturated heterocycles. The molecule has 2 rings (SSSR count). The molecule has 0 bridgehead atoms. The minimum atomic E-state index is -1.01. The van der Waals surface area contributed by atoms with Gasteiger partial charge in [0.15, 0.2) is 0 Å². The highest BCUT2D eigenvalue weighted by molar-refractivity contribution is 7.99. The van der Waals surface area contributed by atoms with Crippen molar-refractivity contribution in [1.82, 2.24) is 9.97 Å². The van der Waals surface area contributed by atoms with Gasteiger partial charge in [-0.25, -0.2) is 14.8 Å². The average molecular weight is 268 g/mol. The van der Waals surface area contributed by atoms with Gasteiger partial charge in [0.2, 0.25) is 0 Å². The molecule has 5 nitrogen and oxygen atoms in total. The summed E-state index contributed by atoms with van der Waals surface area (Å²) in [6.07, 6.45) is 1.66. The Hall–Kier alpha value is -1.14. The summed E-state index contributed by atoms with van der Waals surface area (Å²) in [6.45, 7) is 3.37. The molecule has 0 radical (unpaired) electrons. The normalized spacial score (nSPS) is 16.6. The number of nitrogens with zero attached hydrogens (tertiary/aromatic N) is 2. The van der Waals surface area contributed by atoms with Crippen LogP contribution in [0.3, 0.4) is 0 Å². The van der Waals surface area contributed by atoms with Crippen LogP contribution in [0.25, 0.3) is 0 Å². The molecule has 1 aliphatic carbocycles. The lowest BCUT2D eigenvalue weighted by atomic mass is 10.2. The van der Waals surface area contributed by atoms with Crippen molar-refractivity contribution in [2.24, 2.45) is 0 Å². The second-order valence-electron chi connectivity index (χ2n) is 4.59. The van der Waals surface area contributed by atoms with Crippen molar-refractivity contribution >= 4 is 17.7 Å². The summed E-state index contributed by atoms with van der Waals surface area (Å²) in [7, 11) is 0. The monoisotopic (exact) mass is 268 g/mol. The SMILES string of the molecule is Cc1nc(C2CC2)nc(SCC(C)O)c1C(=O)O. The Labute approximate surface area is 110 Å². The molecule has 0 aliphatic heterocycles. The predicted octanol–water partition coefficient (Wildman–Crippen LogP) is 1.83. The standard InChI is InChI=1S/C12H16N2O3S/c1-6(15)5-18-11-9(12(16)17)7(2)13-10(14-11)8-3-4-8/h6,8,15H,3-5H2,1-2H3,(H,16,17). The first-order chi connectivity index (χ1) is 8.49. The molecule has 1 saturated carbocycles. The molecule has 2 N–H and O–H groups in total. The Morgan fingerprint density at radius 1 is 1.50 bits per heavy atom. The molecule has 1 aliphatic rings. The van der Waals surface area contributed by atoms with Gasteiger partial charge in [-0.1, -0.05) is 0 Å². The first-order valence-electron chi connectivity index (χ1n) is 5.91. The van der Waals surface area contributed by atoms with Crippen LogP contribution in [0.1, 0.15) is 47.6 Å². The third-order valence-corrected chi connectivity index (χ3v) is 3.91. The lowest BCUT2D eigenvalue weighted by Crippen LogP contribution is -2.11. The van der Waals surface area contributed by atoms with Gasteiger partial charge in [0, 0.05) is 11.7 Å². The lowest BCUT2D eigenvalue weighted by Gasteiger charge is -2.10. The van der Waals surface area contributed by atoms with Gasteiger partial charge < -0.3 is 10.2 Å². The fourth-order valence-corrected chi connectivity index (χ4v) is 2.58. The van der Waals surface area contributed by atoms with E-state index in [4.69, 9.17) is 0 Å². The summed E-state index contributed by atoms with van der Waals surface area (Å²) < 4.78 is 0. The van der Waals surface area contributed by atoms with Crippen LogP contribution in [-0.2, 0) is 0 Å². The number of aromatic carboxylic acids is 1. The summed E-state index contributed by atoms with van der Waals surface area (Å²) >= 11 is 1.28. The number of carboxylic acids is 1. The summed E-state index contributed by atoms with van der Waals surface area (Å²) in [4.78, 5) is 19.9. The zero-order chi connectivity index (χ0) is 13.3. The zero-order valence-electron chi connectivity index (χ0n) is 10.4. The minimum Gasteiger partial charge on any atom is -0.478 e. The molecule has 18 heavy (non-hydrogen) atoms. The molecular formula is C12H16N2O3S. The Morgan fingerprint density at radius 3 is 2.67 bits per heavy atom. The summed E-state index contributed by atoms with van der Waals surface area (Å²) in [6, 6.07) is 0. The number of aryl methyl sites for hydroxylation is 1. The number of aliphatic hydroxyl groups is 1. The summed E-state index contributed by atoms with van der Waals surface area (Å²) in [5.74, 6) is 0.548. The first kappa shape index (κ1) is 13.3. The van der Waals surface area contributed by atoms with Crippen LogP contribution in [0, 0.1) is 6.92 Å². The van der Waals surface area contributed by atoms with Gasteiger partial charge in [-0.15, -0.1) is 11.8 Å². The second kappa shape index (κ2) is 5.24. The van der Waals surface area contributed by atoms with Gasteiger partial charge in [-0.2, -0.15) is 0 Å². The summed E-state index contributed by atoms with van der Waals surface area (Å²) in [5.41, 5.74) is 0.664. The van der Waals surface area contributed by atoms with E-state index in [1.807, 2.05) is 0 Å². The van der Waals surface area contributed by atoms with E-state index in [0.717, 1.165) is 18.7 Å². The van der Waals surface area contributed by atoms with E-state index in [0.29, 0.717) is 22.4 Å². The molecule has 6 heteroatoms. The molecule has 1 unspecified atom stereocenters. The van der Waals surface area contributed by atoms with Crippen LogP contribution in [0.2, 0.25) is 0 Å². The van der Waals surface area contributed by atoms with Crippen molar-refractivity contribution in [3.8, 4) is 0 Å². The highest BCUT2D eigenvalue weighted by Crippen LogP contribution is 2.39. The van der Waals surface area contributed by atoms with Crippen molar-refractivity contribution in [1.29, 1.82) is 0 Å². The fourth-order valence-electron chi connectivity index (χ4n) is 1.64. The Morgan fingerprint density at radius 2 is 2.17 bits per heavy atom. The largest absolute Gasteiger partial charge is 0.478 e. The van der Waals surface area contributed by atoms with Gasteiger partial charge >= 0.3 is 5.97 Å². The molecule has 0 amide bonds. The minimum absolute atomic E-state index is 0.157. The van der Waals surface area contributed by atoms with Gasteiger partial charge in [-0.3, -0.25) is 0 Å². The van der Waals surface area contributed by atoms with Crippen molar-refractivity contribution in [3.63, 3.8) is 0 Å². The van der Waals surface area contributed by atoms with E-state index in [1.165, 1.54) is 11.8 Å². The van der Waals surface area contributed by atoms with Crippen LogP contribution in [0.15, 0.2) is 5.03 Å². The zero-order valence-corrected chi connectivity index (χ0v) is 11.2. The highest BCUT2D eigenvalue weighted by atomic mass is 32.2. The fraction of sp³-hybridized carbons (Fsp3) is 0.583. The topological polar surface area (TPSA) is 83.3 Å². The highest BCUT2D eigenvalue weighted by Gasteiger charge is 2.29. The predicted molar refractivity (Wildman–Crippen MR) is 68.1 cm³/mol. The number of aliphatic hydroxyl groups excluding tert-OH is 1. The molecule has 98 valence electrons. The van der Waals surface area contributed by atoms with Crippen LogP contribution < -0.4 is 0 Å². The Balaban J connectivity index is 2.34. The van der Waals surface area contributed by atoms with Crippen LogP contribution in [0.4, 0.5) is 0 Å². The van der Waals surface area contributed by atoms with Crippen molar-refractivity contribution in [2.75, 3.05) is 5.75 Å². The number of aromatic nitrogens is 2. The molecular weight excluding hydrogens is 252 g/mol. The Bertz CT molecular complexity index is 473. The van der Waals surface area contributed by atoms with Crippen LogP contribution in [-0.4, -0.2) is 38.0 Å². The smallest absolute Gasteiger partial charge is 0.340 e. The van der Waals surface area contributed by atoms with E-state index in [2.05, 4.69) is 9.97 Å². The Kier molecular flexibility index (Phi) is 3.87. The van der Waals surface area contributed by atoms with Crippen molar-refractivity contribution < 1.29 is 15.0 Å². The van der Waals surface area contributed by atoms with Crippen LogP contribution >= 0.6 is 11.8 Å². The number of hydrogen-bond acceptors (Lipinski definition) is 5. The number of carboxylic acid groups (broad SMARTS) is 1. The third kappa shape index (κ3) is 3.00. The first-order valence-corrected chi connectivity index (χ1v) is 6.90. The maximum absolute atomic E-state index is 11.2. The second-order valence-corrected chi connectivity index (χ2v) is 5.60. The molecule has 1 heterocycles. The lowest BCUT2D eigenvalue weighted by molar-refractivity contribution is 0.0690. The molecule has 1 aromatic heterocycles. The molecule has 0 aromatic carbocycles. The molecule has 1 atom stereocenters. The van der Waals surface area contributed by atoms with Gasteiger partial charge in [-0.05, 0) is 26.7 Å². The average Bonchev–Trinajstić information content (AvgIpc) is 3.08. The van der Waals surface area contributed by atoms with E-state index in [-0.39, 0.29) is 5.56 Å². The quantitative estimate of drug-likeness (QED) is 0.626. The number of thioether (sulfide) groups is 1. The molecule has 1 fully saturated rings. The van der Waals surface area contributed by atoms with Crippen LogP contribution in [0.5, 0.6) is 0 Å². The van der Waals surface area contributed by atoms with Crippen molar-refractivity contribution in [3.05, 3.63) is 17.1 Å². The maximum atomic E-state index is 11.2. The number of carbonyl (C=O) groups is 1. The number of rotatable bonds is 5. The van der Waals surface area contributed by atoms with Gasteiger partial charge in [0.1, 0.15) is 16.4 Å². The molecule has 1 aromatic rings. The maximum Gasteiger partial charge on any atom is 0.340 e. The van der Waals surface area contributed by atoms with E-state index >= 15 is 0 Å². The van der Waals surface area contributed by atoms with E-state index in [9.17, 15) is 15.0 Å². The third-order valence-electron chi connectivity index (χ3n) is 2.69. The van der Waals surface area contributed by atoms with E-state index in [1.54, 1.807) is 13.8 Å².